The second kappa shape index (κ2) is 9.00. The van der Waals surface area contributed by atoms with E-state index in [0.29, 0.717) is 31.5 Å². The fraction of sp³-hybridized carbons (Fsp3) is 0.417. The number of aliphatic imine (C=N–C) groups is 2. The van der Waals surface area contributed by atoms with Crippen molar-refractivity contribution in [3.63, 3.8) is 0 Å². The van der Waals surface area contributed by atoms with Gasteiger partial charge in [0.1, 0.15) is 19.3 Å². The number of rotatable bonds is 7. The number of hydrogen-bond acceptors (Lipinski definition) is 4. The second-order valence-electron chi connectivity index (χ2n) is 7.77. The normalized spacial score (nSPS) is 21.9. The molecule has 4 nitrogen and oxygen atoms in total. The first-order chi connectivity index (χ1) is 14.1. The zero-order valence-electron chi connectivity index (χ0n) is 17.0. The minimum absolute atomic E-state index is 0.0107. The number of nitrogens with zero attached hydrogens (tertiary/aromatic N) is 2. The third-order valence-electron chi connectivity index (χ3n) is 5.68. The molecule has 0 bridgehead atoms. The van der Waals surface area contributed by atoms with Crippen LogP contribution in [0.25, 0.3) is 0 Å². The zero-order valence-corrected chi connectivity index (χ0v) is 17.7. The minimum Gasteiger partial charge on any atom is -0.478 e. The van der Waals surface area contributed by atoms with E-state index in [-0.39, 0.29) is 12.1 Å². The van der Waals surface area contributed by atoms with Crippen molar-refractivity contribution in [1.82, 2.24) is 0 Å². The Balaban J connectivity index is 1.37. The van der Waals surface area contributed by atoms with Crippen molar-refractivity contribution in [2.75, 3.05) is 13.2 Å². The van der Waals surface area contributed by atoms with E-state index in [4.69, 9.17) is 31.1 Å². The summed E-state index contributed by atoms with van der Waals surface area (Å²) in [5, 5.41) is 0.765. The molecule has 0 saturated heterocycles. The Bertz CT molecular complexity index is 910. The van der Waals surface area contributed by atoms with E-state index in [0.717, 1.165) is 34.9 Å². The average Bonchev–Trinajstić information content (AvgIpc) is 3.39. The van der Waals surface area contributed by atoms with Crippen molar-refractivity contribution in [3.05, 3.63) is 70.2 Å². The zero-order chi connectivity index (χ0) is 20.2. The van der Waals surface area contributed by atoms with Crippen LogP contribution in [0.4, 0.5) is 0 Å². The Morgan fingerprint density at radius 1 is 1.03 bits per heavy atom. The number of hydrogen-bond donors (Lipinski definition) is 0. The molecule has 0 saturated carbocycles. The Kier molecular flexibility index (Phi) is 6.19. The topological polar surface area (TPSA) is 43.2 Å². The lowest BCUT2D eigenvalue weighted by Gasteiger charge is -2.17. The lowest BCUT2D eigenvalue weighted by molar-refractivity contribution is 0.292. The Labute approximate surface area is 177 Å². The number of halogens is 1. The van der Waals surface area contributed by atoms with Gasteiger partial charge in [-0.15, -0.1) is 0 Å². The van der Waals surface area contributed by atoms with E-state index in [1.54, 1.807) is 0 Å². The molecule has 152 valence electrons. The monoisotopic (exact) mass is 410 g/mol. The number of benzene rings is 2. The van der Waals surface area contributed by atoms with Crippen LogP contribution < -0.4 is 0 Å². The summed E-state index contributed by atoms with van der Waals surface area (Å²) in [7, 11) is 0. The number of aryl methyl sites for hydroxylation is 1. The molecule has 4 rings (SSSR count). The maximum atomic E-state index is 6.25. The molecule has 0 aromatic heterocycles. The molecule has 0 amide bonds. The molecule has 0 spiro atoms. The third-order valence-corrected chi connectivity index (χ3v) is 6.09. The second-order valence-corrected chi connectivity index (χ2v) is 8.18. The van der Waals surface area contributed by atoms with Crippen molar-refractivity contribution >= 4 is 23.4 Å². The van der Waals surface area contributed by atoms with Crippen LogP contribution in [0.5, 0.6) is 0 Å². The lowest BCUT2D eigenvalue weighted by atomic mass is 9.90. The summed E-state index contributed by atoms with van der Waals surface area (Å²) >= 11 is 6.25. The molecule has 2 heterocycles. The van der Waals surface area contributed by atoms with Gasteiger partial charge in [-0.2, -0.15) is 0 Å². The third kappa shape index (κ3) is 4.81. The first kappa shape index (κ1) is 20.0. The van der Waals surface area contributed by atoms with Gasteiger partial charge in [0.05, 0.1) is 12.5 Å². The summed E-state index contributed by atoms with van der Waals surface area (Å²) in [5.74, 6) is 1.93. The SMILES string of the molecule is CCC(C[C@H]1COC(CC2=N[C@@H](c3ccc(C)c(Cl)c3)CO2)=N1)c1ccccc1. The van der Waals surface area contributed by atoms with Crippen LogP contribution in [0.1, 0.15) is 54.8 Å². The molecule has 29 heavy (non-hydrogen) atoms. The quantitative estimate of drug-likeness (QED) is 0.571. The molecular weight excluding hydrogens is 384 g/mol. The van der Waals surface area contributed by atoms with Crippen LogP contribution in [0.2, 0.25) is 5.02 Å². The Morgan fingerprint density at radius 3 is 2.55 bits per heavy atom. The van der Waals surface area contributed by atoms with Crippen LogP contribution in [0.15, 0.2) is 58.5 Å². The van der Waals surface area contributed by atoms with Gasteiger partial charge in [-0.05, 0) is 48.4 Å². The van der Waals surface area contributed by atoms with Crippen molar-refractivity contribution in [3.8, 4) is 0 Å². The molecule has 2 aliphatic rings. The standard InChI is InChI=1S/C24H27ClN2O2/c1-3-17(18-7-5-4-6-8-18)11-20-14-28-23(26-20)13-24-27-22(15-29-24)19-10-9-16(2)21(25)12-19/h4-10,12,17,20,22H,3,11,13-15H2,1-2H3/t17?,20-,22+/m0/s1. The van der Waals surface area contributed by atoms with Crippen molar-refractivity contribution in [1.29, 1.82) is 0 Å². The highest BCUT2D eigenvalue weighted by atomic mass is 35.5. The summed E-state index contributed by atoms with van der Waals surface area (Å²) in [5.41, 5.74) is 3.53. The molecule has 3 atom stereocenters. The van der Waals surface area contributed by atoms with Gasteiger partial charge in [-0.25, -0.2) is 9.98 Å². The van der Waals surface area contributed by atoms with Crippen LogP contribution in [-0.4, -0.2) is 31.1 Å². The summed E-state index contributed by atoms with van der Waals surface area (Å²) in [6.45, 7) is 5.41. The average molecular weight is 411 g/mol. The molecular formula is C24H27ClN2O2. The minimum atomic E-state index is -0.0107. The van der Waals surface area contributed by atoms with Gasteiger partial charge in [-0.3, -0.25) is 0 Å². The summed E-state index contributed by atoms with van der Waals surface area (Å²) < 4.78 is 11.7. The van der Waals surface area contributed by atoms with Gasteiger partial charge in [-0.1, -0.05) is 61.0 Å². The maximum Gasteiger partial charge on any atom is 0.193 e. The van der Waals surface area contributed by atoms with E-state index in [1.807, 2.05) is 19.1 Å². The van der Waals surface area contributed by atoms with Crippen LogP contribution in [-0.2, 0) is 9.47 Å². The molecule has 1 unspecified atom stereocenters. The first-order valence-corrected chi connectivity index (χ1v) is 10.7. The van der Waals surface area contributed by atoms with Gasteiger partial charge < -0.3 is 9.47 Å². The lowest BCUT2D eigenvalue weighted by Crippen LogP contribution is -2.12. The van der Waals surface area contributed by atoms with E-state index >= 15 is 0 Å². The smallest absolute Gasteiger partial charge is 0.193 e. The molecule has 2 aliphatic heterocycles. The van der Waals surface area contributed by atoms with Gasteiger partial charge in [0.25, 0.3) is 0 Å². The molecule has 0 fully saturated rings. The van der Waals surface area contributed by atoms with E-state index < -0.39 is 0 Å². The van der Waals surface area contributed by atoms with Crippen LogP contribution in [0, 0.1) is 6.92 Å². The molecule has 5 heteroatoms. The van der Waals surface area contributed by atoms with Gasteiger partial charge in [0.2, 0.25) is 0 Å². The van der Waals surface area contributed by atoms with Gasteiger partial charge >= 0.3 is 0 Å². The fourth-order valence-electron chi connectivity index (χ4n) is 3.92. The largest absolute Gasteiger partial charge is 0.478 e. The van der Waals surface area contributed by atoms with Crippen LogP contribution >= 0.6 is 11.6 Å². The molecule has 0 radical (unpaired) electrons. The van der Waals surface area contributed by atoms with Gasteiger partial charge in [0.15, 0.2) is 11.8 Å². The molecule has 0 aliphatic carbocycles. The van der Waals surface area contributed by atoms with E-state index in [1.165, 1.54) is 5.56 Å². The predicted molar refractivity (Wildman–Crippen MR) is 118 cm³/mol. The highest BCUT2D eigenvalue weighted by Gasteiger charge is 2.27. The highest BCUT2D eigenvalue weighted by Crippen LogP contribution is 2.30. The molecule has 0 N–H and O–H groups in total. The van der Waals surface area contributed by atoms with Crippen molar-refractivity contribution < 1.29 is 9.47 Å². The van der Waals surface area contributed by atoms with Gasteiger partial charge in [0, 0.05) is 5.02 Å². The fourth-order valence-corrected chi connectivity index (χ4v) is 4.11. The predicted octanol–water partition coefficient (Wildman–Crippen LogP) is 5.89. The van der Waals surface area contributed by atoms with E-state index in [9.17, 15) is 0 Å². The Morgan fingerprint density at radius 2 is 1.79 bits per heavy atom. The van der Waals surface area contributed by atoms with Crippen LogP contribution in [0.3, 0.4) is 0 Å². The number of ether oxygens (including phenoxy) is 2. The summed E-state index contributed by atoms with van der Waals surface area (Å²) in [6.07, 6.45) is 2.62. The van der Waals surface area contributed by atoms with E-state index in [2.05, 4.69) is 43.3 Å². The summed E-state index contributed by atoms with van der Waals surface area (Å²) in [4.78, 5) is 9.52. The summed E-state index contributed by atoms with van der Waals surface area (Å²) in [6, 6.07) is 16.9. The van der Waals surface area contributed by atoms with Crippen molar-refractivity contribution in [2.24, 2.45) is 9.98 Å². The molecule has 2 aromatic rings. The van der Waals surface area contributed by atoms with Crippen molar-refractivity contribution in [2.45, 2.75) is 51.1 Å². The first-order valence-electron chi connectivity index (χ1n) is 10.3. The molecule has 2 aromatic carbocycles. The maximum absolute atomic E-state index is 6.25. The Hall–Kier alpha value is -2.33. The highest BCUT2D eigenvalue weighted by molar-refractivity contribution is 6.31.